The lowest BCUT2D eigenvalue weighted by atomic mass is 10.2. The number of nitrogens with one attached hydrogen (secondary N) is 1. The molecule has 0 radical (unpaired) electrons. The molecule has 17 heavy (non-hydrogen) atoms. The third-order valence-corrected chi connectivity index (χ3v) is 2.43. The maximum Gasteiger partial charge on any atom is 0.297 e. The van der Waals surface area contributed by atoms with Crippen LogP contribution in [0.2, 0.25) is 0 Å². The van der Waals surface area contributed by atoms with E-state index in [1.165, 1.54) is 6.07 Å². The van der Waals surface area contributed by atoms with Crippen LogP contribution in [0.5, 0.6) is 0 Å². The summed E-state index contributed by atoms with van der Waals surface area (Å²) in [6, 6.07) is 4.81. The first kappa shape index (κ1) is 11.5. The number of nitrogens with zero attached hydrogens (tertiary/aromatic N) is 2. The number of nitro groups is 1. The van der Waals surface area contributed by atoms with E-state index >= 15 is 0 Å². The maximum atomic E-state index is 10.8. The fraction of sp³-hybridized carbons (Fsp3) is 0.182. The molecule has 1 N–H and O–H groups in total. The van der Waals surface area contributed by atoms with Gasteiger partial charge in [-0.15, -0.1) is 0 Å². The van der Waals surface area contributed by atoms with Crippen LogP contribution in [-0.2, 0) is 0 Å². The second-order valence-corrected chi connectivity index (χ2v) is 3.75. The van der Waals surface area contributed by atoms with E-state index in [1.54, 1.807) is 12.1 Å². The van der Waals surface area contributed by atoms with Gasteiger partial charge in [-0.3, -0.25) is 15.2 Å². The van der Waals surface area contributed by atoms with E-state index in [4.69, 9.17) is 0 Å². The lowest BCUT2D eigenvalue weighted by molar-refractivity contribution is -0.383. The van der Waals surface area contributed by atoms with Crippen molar-refractivity contribution in [2.24, 2.45) is 0 Å². The van der Waals surface area contributed by atoms with Crippen LogP contribution in [0.15, 0.2) is 18.2 Å². The molecule has 1 aromatic heterocycles. The first-order valence-electron chi connectivity index (χ1n) is 4.95. The van der Waals surface area contributed by atoms with E-state index in [9.17, 15) is 10.1 Å². The largest absolute Gasteiger partial charge is 0.297 e. The molecule has 0 aliphatic rings. The van der Waals surface area contributed by atoms with Crippen molar-refractivity contribution in [1.82, 2.24) is 10.2 Å². The Hall–Kier alpha value is -2.00. The van der Waals surface area contributed by atoms with E-state index in [0.29, 0.717) is 28.8 Å². The van der Waals surface area contributed by atoms with Gasteiger partial charge in [0.15, 0.2) is 5.52 Å². The Labute approximate surface area is 103 Å². The zero-order valence-corrected chi connectivity index (χ0v) is 9.70. The minimum absolute atomic E-state index is 0.0130. The highest BCUT2D eigenvalue weighted by molar-refractivity contribution is 7.80. The zero-order valence-electron chi connectivity index (χ0n) is 8.80. The standard InChI is InChI=1S/C11H9N3O2S/c15-14(16)10-6-3-4-8-9(5-1-2-7-17)12-13-11(8)10/h3-4,6,17H,2,7H2,(H,12,13). The number of benzene rings is 1. The normalized spacial score (nSPS) is 9.94. The van der Waals surface area contributed by atoms with E-state index < -0.39 is 4.92 Å². The number of aromatic amines is 1. The minimum Gasteiger partial charge on any atom is -0.268 e. The number of nitro benzene ring substituents is 1. The molecule has 0 bridgehead atoms. The van der Waals surface area contributed by atoms with Crippen LogP contribution in [0.25, 0.3) is 10.9 Å². The van der Waals surface area contributed by atoms with Crippen molar-refractivity contribution in [2.75, 3.05) is 5.75 Å². The van der Waals surface area contributed by atoms with Crippen molar-refractivity contribution in [3.8, 4) is 11.8 Å². The molecular formula is C11H9N3O2S. The van der Waals surface area contributed by atoms with Crippen molar-refractivity contribution < 1.29 is 4.92 Å². The smallest absolute Gasteiger partial charge is 0.268 e. The summed E-state index contributed by atoms with van der Waals surface area (Å²) < 4.78 is 0. The summed E-state index contributed by atoms with van der Waals surface area (Å²) in [5.41, 5.74) is 0.930. The van der Waals surface area contributed by atoms with Gasteiger partial charge in [-0.05, 0) is 12.0 Å². The second kappa shape index (κ2) is 4.89. The summed E-state index contributed by atoms with van der Waals surface area (Å²) in [7, 11) is 0. The Morgan fingerprint density at radius 2 is 2.35 bits per heavy atom. The number of hydrogen-bond donors (Lipinski definition) is 2. The number of thiol groups is 1. The Morgan fingerprint density at radius 3 is 3.06 bits per heavy atom. The van der Waals surface area contributed by atoms with Gasteiger partial charge in [-0.25, -0.2) is 0 Å². The summed E-state index contributed by atoms with van der Waals surface area (Å²) >= 11 is 4.05. The van der Waals surface area contributed by atoms with E-state index in [0.717, 1.165) is 0 Å². The molecule has 0 atom stereocenters. The number of H-pyrrole nitrogens is 1. The zero-order chi connectivity index (χ0) is 12.3. The molecule has 0 aliphatic heterocycles. The first-order chi connectivity index (χ1) is 8.24. The molecule has 86 valence electrons. The van der Waals surface area contributed by atoms with Gasteiger partial charge in [0.2, 0.25) is 0 Å². The minimum atomic E-state index is -0.450. The predicted octanol–water partition coefficient (Wildman–Crippen LogP) is 2.14. The monoisotopic (exact) mass is 247 g/mol. The number of hydrogen-bond acceptors (Lipinski definition) is 4. The lowest BCUT2D eigenvalue weighted by Gasteiger charge is -1.91. The van der Waals surface area contributed by atoms with Gasteiger partial charge in [0.1, 0.15) is 5.69 Å². The molecule has 0 fully saturated rings. The van der Waals surface area contributed by atoms with Crippen molar-refractivity contribution >= 4 is 29.2 Å². The Kier molecular flexibility index (Phi) is 3.30. The molecule has 2 rings (SSSR count). The van der Waals surface area contributed by atoms with Crippen molar-refractivity contribution in [1.29, 1.82) is 0 Å². The molecule has 5 nitrogen and oxygen atoms in total. The highest BCUT2D eigenvalue weighted by Gasteiger charge is 2.15. The van der Waals surface area contributed by atoms with Gasteiger partial charge in [0, 0.05) is 23.6 Å². The number of rotatable bonds is 2. The highest BCUT2D eigenvalue weighted by atomic mass is 32.1. The van der Waals surface area contributed by atoms with Crippen molar-refractivity contribution in [3.63, 3.8) is 0 Å². The molecule has 0 saturated carbocycles. The van der Waals surface area contributed by atoms with Crippen molar-refractivity contribution in [2.45, 2.75) is 6.42 Å². The first-order valence-corrected chi connectivity index (χ1v) is 5.58. The maximum absolute atomic E-state index is 10.8. The summed E-state index contributed by atoms with van der Waals surface area (Å²) in [4.78, 5) is 10.3. The molecular weight excluding hydrogens is 238 g/mol. The summed E-state index contributed by atoms with van der Waals surface area (Å²) in [6.45, 7) is 0. The summed E-state index contributed by atoms with van der Waals surface area (Å²) in [6.07, 6.45) is 0.665. The van der Waals surface area contributed by atoms with Gasteiger partial charge in [-0.1, -0.05) is 12.0 Å². The van der Waals surface area contributed by atoms with Gasteiger partial charge in [0.25, 0.3) is 5.69 Å². The van der Waals surface area contributed by atoms with Gasteiger partial charge in [0.05, 0.1) is 4.92 Å². The van der Waals surface area contributed by atoms with Gasteiger partial charge < -0.3 is 0 Å². The third kappa shape index (κ3) is 2.24. The van der Waals surface area contributed by atoms with E-state index in [1.807, 2.05) is 0 Å². The van der Waals surface area contributed by atoms with Crippen LogP contribution in [0.4, 0.5) is 5.69 Å². The molecule has 0 spiro atoms. The highest BCUT2D eigenvalue weighted by Crippen LogP contribution is 2.24. The van der Waals surface area contributed by atoms with E-state index in [-0.39, 0.29) is 5.69 Å². The quantitative estimate of drug-likeness (QED) is 0.369. The molecule has 1 heterocycles. The number of non-ortho nitro benzene ring substituents is 1. The predicted molar refractivity (Wildman–Crippen MR) is 68.1 cm³/mol. The molecule has 6 heteroatoms. The SMILES string of the molecule is O=[N+]([O-])c1cccc2c(C#CCCS)[nH]nc12. The molecule has 0 aliphatic carbocycles. The molecule has 0 saturated heterocycles. The number of aromatic nitrogens is 2. The average molecular weight is 247 g/mol. The van der Waals surface area contributed by atoms with Gasteiger partial charge >= 0.3 is 0 Å². The Bertz CT molecular complexity index is 624. The van der Waals surface area contributed by atoms with Crippen LogP contribution in [-0.4, -0.2) is 20.9 Å². The van der Waals surface area contributed by atoms with Crippen molar-refractivity contribution in [3.05, 3.63) is 34.0 Å². The van der Waals surface area contributed by atoms with Crippen LogP contribution in [0.3, 0.4) is 0 Å². The number of para-hydroxylation sites is 1. The molecule has 1 aromatic carbocycles. The summed E-state index contributed by atoms with van der Waals surface area (Å²) in [5.74, 6) is 6.49. The van der Waals surface area contributed by atoms with Crippen LogP contribution < -0.4 is 0 Å². The molecule has 0 unspecified atom stereocenters. The third-order valence-electron chi connectivity index (χ3n) is 2.21. The number of fused-ring (bicyclic) bond motifs is 1. The molecule has 2 aromatic rings. The van der Waals surface area contributed by atoms with E-state index in [2.05, 4.69) is 34.7 Å². The topological polar surface area (TPSA) is 71.8 Å². The summed E-state index contributed by atoms with van der Waals surface area (Å²) in [5, 5.41) is 18.1. The second-order valence-electron chi connectivity index (χ2n) is 3.30. The lowest BCUT2D eigenvalue weighted by Crippen LogP contribution is -1.88. The Morgan fingerprint density at radius 1 is 1.53 bits per heavy atom. The fourth-order valence-corrected chi connectivity index (χ4v) is 1.58. The van der Waals surface area contributed by atoms with Crippen LogP contribution in [0, 0.1) is 22.0 Å². The fourth-order valence-electron chi connectivity index (χ4n) is 1.47. The average Bonchev–Trinajstić information content (AvgIpc) is 2.72. The molecule has 0 amide bonds. The van der Waals surface area contributed by atoms with Gasteiger partial charge in [-0.2, -0.15) is 17.7 Å². The Balaban J connectivity index is 2.52. The van der Waals surface area contributed by atoms with Crippen LogP contribution in [0.1, 0.15) is 12.1 Å². The van der Waals surface area contributed by atoms with Crippen LogP contribution >= 0.6 is 12.6 Å².